The van der Waals surface area contributed by atoms with Gasteiger partial charge in [0.05, 0.1) is 39.5 Å². The fraction of sp³-hybridized carbons (Fsp3) is 0.520. The monoisotopic (exact) mass is 429 g/mol. The smallest absolute Gasteiger partial charge is 0.347 e. The van der Waals surface area contributed by atoms with E-state index in [4.69, 9.17) is 9.47 Å². The molecule has 6 heteroatoms. The van der Waals surface area contributed by atoms with Crippen LogP contribution in [-0.4, -0.2) is 32.3 Å². The van der Waals surface area contributed by atoms with Gasteiger partial charge in [-0.05, 0) is 18.9 Å². The van der Waals surface area contributed by atoms with Gasteiger partial charge in [0.15, 0.2) is 6.10 Å². The van der Waals surface area contributed by atoms with Crippen molar-refractivity contribution in [1.82, 2.24) is 0 Å². The number of hydrogen-bond donors (Lipinski definition) is 1. The fourth-order valence-electron chi connectivity index (χ4n) is 4.48. The van der Waals surface area contributed by atoms with Gasteiger partial charge >= 0.3 is 5.97 Å². The number of piperidine rings is 1. The second kappa shape index (κ2) is 11.1. The third kappa shape index (κ3) is 5.18. The van der Waals surface area contributed by atoms with Gasteiger partial charge in [0.1, 0.15) is 11.4 Å². The van der Waals surface area contributed by atoms with E-state index >= 15 is 0 Å². The molecule has 2 aliphatic rings. The van der Waals surface area contributed by atoms with Crippen molar-refractivity contribution in [2.24, 2.45) is 7.05 Å². The molecule has 0 amide bonds. The molecule has 0 bridgehead atoms. The Bertz CT molecular complexity index is 861. The van der Waals surface area contributed by atoms with Crippen LogP contribution in [0.15, 0.2) is 42.6 Å². The summed E-state index contributed by atoms with van der Waals surface area (Å²) < 4.78 is 13.1. The van der Waals surface area contributed by atoms with Crippen molar-refractivity contribution < 1.29 is 24.6 Å². The summed E-state index contributed by atoms with van der Waals surface area (Å²) in [5.74, 6) is 1.71. The number of pyridine rings is 1. The predicted octanol–water partition coefficient (Wildman–Crippen LogP) is 3.30. The number of para-hydroxylation sites is 1. The van der Waals surface area contributed by atoms with Crippen LogP contribution in [0.1, 0.15) is 52.5 Å². The number of quaternary nitrogens is 1. The summed E-state index contributed by atoms with van der Waals surface area (Å²) in [5, 5.41) is 0. The van der Waals surface area contributed by atoms with E-state index in [0.29, 0.717) is 6.42 Å². The van der Waals surface area contributed by atoms with E-state index in [-0.39, 0.29) is 11.4 Å². The third-order valence-electron chi connectivity index (χ3n) is 6.00. The Kier molecular flexibility index (Phi) is 8.87. The lowest BCUT2D eigenvalue weighted by Crippen LogP contribution is -2.52. The van der Waals surface area contributed by atoms with Crippen LogP contribution in [0, 0.1) is 0 Å². The molecule has 2 aromatic rings. The fourth-order valence-corrected chi connectivity index (χ4v) is 4.48. The average molecular weight is 430 g/mol. The summed E-state index contributed by atoms with van der Waals surface area (Å²) in [6.45, 7) is 9.86. The first-order valence-corrected chi connectivity index (χ1v) is 11.4. The Balaban J connectivity index is 0.000000807. The van der Waals surface area contributed by atoms with Crippen LogP contribution >= 0.6 is 0 Å². The van der Waals surface area contributed by atoms with Gasteiger partial charge in [-0.15, -0.1) is 0 Å². The molecule has 0 radical (unpaired) electrons. The molecular formula is C25H39N3O3+2. The maximum absolute atomic E-state index is 12.2. The van der Waals surface area contributed by atoms with Crippen molar-refractivity contribution >= 4 is 17.5 Å². The van der Waals surface area contributed by atoms with Crippen molar-refractivity contribution in [1.29, 1.82) is 0 Å². The van der Waals surface area contributed by atoms with Gasteiger partial charge in [-0.25, -0.2) is 9.36 Å². The molecule has 1 aromatic heterocycles. The van der Waals surface area contributed by atoms with Gasteiger partial charge < -0.3 is 15.2 Å². The molecule has 1 atom stereocenters. The topological polar surface area (TPSA) is 70.3 Å². The Morgan fingerprint density at radius 2 is 1.81 bits per heavy atom. The molecule has 1 fully saturated rings. The zero-order valence-electron chi connectivity index (χ0n) is 20.0. The normalized spacial score (nSPS) is 18.4. The number of aromatic nitrogens is 1. The SMILES string of the molecule is CC.CC.COC(=O)C1CC2(CCN(c3cc([NH3+])cc[n+]3C)CC2)c2ccccc2O1. The first kappa shape index (κ1) is 24.7. The highest BCUT2D eigenvalue weighted by atomic mass is 16.6. The summed E-state index contributed by atoms with van der Waals surface area (Å²) in [7, 11) is 3.49. The first-order valence-electron chi connectivity index (χ1n) is 11.4. The lowest BCUT2D eigenvalue weighted by atomic mass is 9.67. The first-order chi connectivity index (χ1) is 15.0. The molecule has 1 unspecified atom stereocenters. The van der Waals surface area contributed by atoms with Crippen molar-refractivity contribution in [2.75, 3.05) is 25.1 Å². The highest BCUT2D eigenvalue weighted by molar-refractivity contribution is 5.76. The lowest BCUT2D eigenvalue weighted by molar-refractivity contribution is -0.659. The van der Waals surface area contributed by atoms with Crippen LogP contribution in [0.3, 0.4) is 0 Å². The van der Waals surface area contributed by atoms with Crippen LogP contribution in [-0.2, 0) is 22.0 Å². The molecule has 1 aromatic carbocycles. The average Bonchev–Trinajstić information content (AvgIpc) is 2.83. The van der Waals surface area contributed by atoms with Gasteiger partial charge in [-0.2, -0.15) is 0 Å². The summed E-state index contributed by atoms with van der Waals surface area (Å²) in [5.41, 5.74) is 6.25. The van der Waals surface area contributed by atoms with Crippen molar-refractivity contribution in [3.05, 3.63) is 48.2 Å². The minimum absolute atomic E-state index is 0.0507. The highest BCUT2D eigenvalue weighted by Crippen LogP contribution is 2.47. The van der Waals surface area contributed by atoms with Crippen molar-refractivity contribution in [3.63, 3.8) is 0 Å². The Labute approximate surface area is 187 Å². The van der Waals surface area contributed by atoms with Gasteiger partial charge in [0.25, 0.3) is 5.82 Å². The molecule has 4 rings (SSSR count). The summed E-state index contributed by atoms with van der Waals surface area (Å²) in [4.78, 5) is 14.6. The number of benzene rings is 1. The van der Waals surface area contributed by atoms with E-state index in [2.05, 4.69) is 46.6 Å². The van der Waals surface area contributed by atoms with Crippen LogP contribution in [0.5, 0.6) is 5.75 Å². The molecule has 0 aliphatic carbocycles. The molecule has 6 nitrogen and oxygen atoms in total. The van der Waals surface area contributed by atoms with E-state index in [0.717, 1.165) is 37.4 Å². The molecule has 3 heterocycles. The van der Waals surface area contributed by atoms with Crippen molar-refractivity contribution in [2.45, 2.75) is 58.5 Å². The van der Waals surface area contributed by atoms with Crippen LogP contribution in [0.4, 0.5) is 11.5 Å². The number of anilines is 1. The van der Waals surface area contributed by atoms with Gasteiger partial charge in [0.2, 0.25) is 0 Å². The maximum Gasteiger partial charge on any atom is 0.347 e. The Morgan fingerprint density at radius 1 is 1.16 bits per heavy atom. The Hall–Kier alpha value is -2.60. The van der Waals surface area contributed by atoms with E-state index in [1.807, 2.05) is 45.9 Å². The molecule has 170 valence electrons. The number of hydrogen-bond acceptors (Lipinski definition) is 4. The van der Waals surface area contributed by atoms with Crippen LogP contribution < -0.4 is 19.9 Å². The van der Waals surface area contributed by atoms with E-state index in [1.165, 1.54) is 18.5 Å². The lowest BCUT2D eigenvalue weighted by Gasteiger charge is -2.45. The quantitative estimate of drug-likeness (QED) is 0.587. The number of rotatable bonds is 2. The number of esters is 1. The van der Waals surface area contributed by atoms with Gasteiger partial charge in [-0.3, -0.25) is 4.90 Å². The van der Waals surface area contributed by atoms with Crippen LogP contribution in [0.25, 0.3) is 0 Å². The highest BCUT2D eigenvalue weighted by Gasteiger charge is 2.47. The number of ether oxygens (including phenoxy) is 2. The maximum atomic E-state index is 12.2. The molecule has 0 saturated carbocycles. The minimum atomic E-state index is -0.532. The Morgan fingerprint density at radius 3 is 2.45 bits per heavy atom. The predicted molar refractivity (Wildman–Crippen MR) is 123 cm³/mol. The van der Waals surface area contributed by atoms with E-state index in [1.54, 1.807) is 0 Å². The molecule has 31 heavy (non-hydrogen) atoms. The largest absolute Gasteiger partial charge is 0.478 e. The number of fused-ring (bicyclic) bond motifs is 2. The zero-order valence-corrected chi connectivity index (χ0v) is 20.0. The van der Waals surface area contributed by atoms with E-state index < -0.39 is 6.10 Å². The molecule has 1 spiro atoms. The van der Waals surface area contributed by atoms with Crippen LogP contribution in [0.2, 0.25) is 0 Å². The molecule has 3 N–H and O–H groups in total. The standard InChI is InChI=1S/C21H25N3O3.2C2H6/c1-23-10-7-15(22)13-19(23)24-11-8-21(9-12-24)14-18(20(25)26-2)27-17-6-4-3-5-16(17)21;2*1-2/h3-7,10,13,18,22H,8-9,11-12,14H2,1-2H3;2*1-2H3/p+2. The zero-order chi connectivity index (χ0) is 23.0. The number of carbonyl (C=O) groups is 1. The molecule has 2 aliphatic heterocycles. The van der Waals surface area contributed by atoms with Gasteiger partial charge in [0, 0.05) is 23.5 Å². The minimum Gasteiger partial charge on any atom is -0.478 e. The number of methoxy groups -OCH3 is 1. The summed E-state index contributed by atoms with van der Waals surface area (Å²) in [6, 6.07) is 12.3. The molecular weight excluding hydrogens is 390 g/mol. The molecule has 1 saturated heterocycles. The summed E-state index contributed by atoms with van der Waals surface area (Å²) in [6.07, 6.45) is 4.14. The van der Waals surface area contributed by atoms with E-state index in [9.17, 15) is 4.79 Å². The second-order valence-corrected chi connectivity index (χ2v) is 7.60. The van der Waals surface area contributed by atoms with Crippen molar-refractivity contribution in [3.8, 4) is 5.75 Å². The number of nitrogens with zero attached hydrogens (tertiary/aromatic N) is 2. The number of aryl methyl sites for hydroxylation is 1. The second-order valence-electron chi connectivity index (χ2n) is 7.60. The van der Waals surface area contributed by atoms with Gasteiger partial charge in [-0.1, -0.05) is 45.9 Å². The number of carbonyl (C=O) groups excluding carboxylic acids is 1. The third-order valence-corrected chi connectivity index (χ3v) is 6.00. The summed E-state index contributed by atoms with van der Waals surface area (Å²) >= 11 is 0.